The molecule has 0 radical (unpaired) electrons. The third-order valence-corrected chi connectivity index (χ3v) is 6.49. The Kier molecular flexibility index (Phi) is 4.52. The predicted octanol–water partition coefficient (Wildman–Crippen LogP) is 3.54. The number of nitrogens with zero attached hydrogens (tertiary/aromatic N) is 5. The van der Waals surface area contributed by atoms with Crippen LogP contribution in [-0.4, -0.2) is 43.0 Å². The monoisotopic (exact) mass is 451 g/mol. The molecule has 2 aliphatic heterocycles. The number of rotatable bonds is 4. The van der Waals surface area contributed by atoms with Crippen LogP contribution >= 0.6 is 11.3 Å². The molecular formula is C19H16F3N5O3S. The van der Waals surface area contributed by atoms with Crippen LogP contribution in [0.5, 0.6) is 6.01 Å². The van der Waals surface area contributed by atoms with Crippen molar-refractivity contribution in [3.05, 3.63) is 56.5 Å². The van der Waals surface area contributed by atoms with Gasteiger partial charge in [0, 0.05) is 41.5 Å². The Morgan fingerprint density at radius 1 is 1.29 bits per heavy atom. The zero-order chi connectivity index (χ0) is 21.9. The molecule has 4 heterocycles. The minimum atomic E-state index is -1.49. The fraction of sp³-hybridized carbons (Fsp3) is 0.368. The molecule has 1 aromatic carbocycles. The van der Waals surface area contributed by atoms with Crippen LogP contribution in [0.2, 0.25) is 0 Å². The van der Waals surface area contributed by atoms with Crippen LogP contribution in [0.4, 0.5) is 19.0 Å². The largest absolute Gasteiger partial charge is 0.436 e. The van der Waals surface area contributed by atoms with E-state index in [-0.39, 0.29) is 17.4 Å². The second-order valence-corrected chi connectivity index (χ2v) is 9.01. The highest BCUT2D eigenvalue weighted by atomic mass is 32.1. The lowest BCUT2D eigenvalue weighted by Gasteiger charge is -2.32. The molecule has 1 atom stereocenters. The molecule has 0 saturated carbocycles. The van der Waals surface area contributed by atoms with E-state index in [1.165, 1.54) is 17.5 Å². The van der Waals surface area contributed by atoms with Gasteiger partial charge in [-0.25, -0.2) is 18.2 Å². The highest BCUT2D eigenvalue weighted by molar-refractivity contribution is 7.15. The van der Waals surface area contributed by atoms with Crippen molar-refractivity contribution >= 4 is 17.2 Å². The van der Waals surface area contributed by atoms with Crippen molar-refractivity contribution in [2.45, 2.75) is 32.0 Å². The van der Waals surface area contributed by atoms with E-state index in [0.717, 1.165) is 22.7 Å². The molecule has 31 heavy (non-hydrogen) atoms. The molecule has 0 aliphatic carbocycles. The molecule has 8 nitrogen and oxygen atoms in total. The molecule has 2 aromatic heterocycles. The van der Waals surface area contributed by atoms with Gasteiger partial charge in [0.15, 0.2) is 17.5 Å². The zero-order valence-corrected chi connectivity index (χ0v) is 17.1. The quantitative estimate of drug-likeness (QED) is 0.343. The highest BCUT2D eigenvalue weighted by Gasteiger charge is 2.42. The van der Waals surface area contributed by atoms with Gasteiger partial charge in [0.25, 0.3) is 0 Å². The van der Waals surface area contributed by atoms with Crippen LogP contribution in [0.25, 0.3) is 10.6 Å². The lowest BCUT2D eigenvalue weighted by molar-refractivity contribution is -0.389. The number of halogens is 3. The summed E-state index contributed by atoms with van der Waals surface area (Å²) in [6.07, 6.45) is 2.02. The molecule has 162 valence electrons. The van der Waals surface area contributed by atoms with E-state index in [1.54, 1.807) is 4.57 Å². The molecule has 0 spiro atoms. The Bertz CT molecular complexity index is 1160. The number of benzene rings is 1. The van der Waals surface area contributed by atoms with E-state index in [4.69, 9.17) is 4.74 Å². The predicted molar refractivity (Wildman–Crippen MR) is 104 cm³/mol. The summed E-state index contributed by atoms with van der Waals surface area (Å²) in [5, 5.41) is 11.3. The lowest BCUT2D eigenvalue weighted by atomic mass is 10.0. The van der Waals surface area contributed by atoms with Crippen LogP contribution in [0.1, 0.15) is 17.5 Å². The molecule has 3 aromatic rings. The van der Waals surface area contributed by atoms with Crippen LogP contribution < -0.4 is 4.74 Å². The first-order valence-corrected chi connectivity index (χ1v) is 10.3. The molecule has 0 N–H and O–H groups in total. The van der Waals surface area contributed by atoms with E-state index >= 15 is 0 Å². The van der Waals surface area contributed by atoms with E-state index in [0.29, 0.717) is 37.6 Å². The molecule has 0 amide bonds. The standard InChI is InChI=1S/C19H16F3N5O3S/c1-19(9-26-7-15(27(28)29)24-18(26)30-19)8-25-3-2-13-14(6-25)31-17(23-13)10-4-11(20)16(22)12(21)5-10/h4-5,7H,2-3,6,8-9H2,1H3. The number of hydrogen-bond acceptors (Lipinski definition) is 7. The number of aromatic nitrogens is 3. The van der Waals surface area contributed by atoms with Crippen molar-refractivity contribution < 1.29 is 22.8 Å². The number of imidazole rings is 1. The van der Waals surface area contributed by atoms with E-state index in [2.05, 4.69) is 14.9 Å². The zero-order valence-electron chi connectivity index (χ0n) is 16.3. The van der Waals surface area contributed by atoms with Gasteiger partial charge in [0.05, 0.1) is 12.2 Å². The molecule has 0 bridgehead atoms. The number of fused-ring (bicyclic) bond motifs is 2. The third kappa shape index (κ3) is 3.55. The second kappa shape index (κ2) is 7.02. The van der Waals surface area contributed by atoms with Gasteiger partial charge in [0.1, 0.15) is 16.8 Å². The summed E-state index contributed by atoms with van der Waals surface area (Å²) >= 11 is 1.32. The molecule has 0 fully saturated rings. The summed E-state index contributed by atoms with van der Waals surface area (Å²) in [6, 6.07) is 2.13. The first-order chi connectivity index (χ1) is 14.7. The summed E-state index contributed by atoms with van der Waals surface area (Å²) < 4.78 is 48.0. The Labute approximate surface area is 178 Å². The van der Waals surface area contributed by atoms with Crippen molar-refractivity contribution in [1.29, 1.82) is 0 Å². The van der Waals surface area contributed by atoms with E-state index < -0.39 is 28.0 Å². The maximum absolute atomic E-state index is 13.6. The Hall–Kier alpha value is -2.99. The van der Waals surface area contributed by atoms with Crippen LogP contribution in [0.15, 0.2) is 18.3 Å². The first-order valence-electron chi connectivity index (χ1n) is 9.47. The summed E-state index contributed by atoms with van der Waals surface area (Å²) in [6.45, 7) is 4.22. The second-order valence-electron chi connectivity index (χ2n) is 7.92. The van der Waals surface area contributed by atoms with Gasteiger partial charge in [-0.15, -0.1) is 11.3 Å². The van der Waals surface area contributed by atoms with E-state index in [1.807, 2.05) is 6.92 Å². The normalized spacial score (nSPS) is 20.4. The van der Waals surface area contributed by atoms with Crippen molar-refractivity contribution in [3.63, 3.8) is 0 Å². The number of hydrogen-bond donors (Lipinski definition) is 0. The van der Waals surface area contributed by atoms with Gasteiger partial charge in [-0.3, -0.25) is 9.47 Å². The fourth-order valence-corrected chi connectivity index (χ4v) is 5.16. The summed E-state index contributed by atoms with van der Waals surface area (Å²) in [7, 11) is 0. The Balaban J connectivity index is 1.30. The topological polar surface area (TPSA) is 86.3 Å². The third-order valence-electron chi connectivity index (χ3n) is 5.36. The fourth-order valence-electron chi connectivity index (χ4n) is 4.02. The minimum Gasteiger partial charge on any atom is -0.436 e. The van der Waals surface area contributed by atoms with Gasteiger partial charge in [-0.05, 0) is 24.0 Å². The number of ether oxygens (including phenoxy) is 1. The molecule has 5 rings (SSSR count). The molecule has 2 aliphatic rings. The van der Waals surface area contributed by atoms with Crippen molar-refractivity contribution in [2.75, 3.05) is 13.1 Å². The summed E-state index contributed by atoms with van der Waals surface area (Å²) in [5.41, 5.74) is 0.481. The maximum Gasteiger partial charge on any atom is 0.415 e. The maximum atomic E-state index is 13.6. The Morgan fingerprint density at radius 3 is 2.71 bits per heavy atom. The van der Waals surface area contributed by atoms with Gasteiger partial charge in [-0.2, -0.15) is 0 Å². The van der Waals surface area contributed by atoms with E-state index in [9.17, 15) is 23.3 Å². The summed E-state index contributed by atoms with van der Waals surface area (Å²) in [4.78, 5) is 21.8. The number of nitro groups is 1. The van der Waals surface area contributed by atoms with Gasteiger partial charge >= 0.3 is 11.8 Å². The number of thiazole rings is 1. The lowest BCUT2D eigenvalue weighted by Crippen LogP contribution is -2.46. The SMILES string of the molecule is CC1(CN2CCc3nc(-c4cc(F)c(F)c(F)c4)sc3C2)Cn2cc([N+](=O)[O-])nc2O1. The summed E-state index contributed by atoms with van der Waals surface area (Å²) in [5.74, 6) is -4.22. The smallest absolute Gasteiger partial charge is 0.415 e. The van der Waals surface area contributed by atoms with Crippen molar-refractivity contribution in [2.24, 2.45) is 0 Å². The van der Waals surface area contributed by atoms with Crippen LogP contribution in [-0.2, 0) is 19.5 Å². The van der Waals surface area contributed by atoms with Gasteiger partial charge in [-0.1, -0.05) is 0 Å². The average molecular weight is 451 g/mol. The van der Waals surface area contributed by atoms with Gasteiger partial charge in [0.2, 0.25) is 0 Å². The van der Waals surface area contributed by atoms with Crippen LogP contribution in [0.3, 0.4) is 0 Å². The van der Waals surface area contributed by atoms with Crippen molar-refractivity contribution in [3.8, 4) is 16.6 Å². The first kappa shape index (κ1) is 19.9. The molecule has 1 unspecified atom stereocenters. The van der Waals surface area contributed by atoms with Crippen LogP contribution in [0, 0.1) is 27.6 Å². The minimum absolute atomic E-state index is 0.209. The molecule has 12 heteroatoms. The molecular weight excluding hydrogens is 435 g/mol. The average Bonchev–Trinajstić information content (AvgIpc) is 3.36. The molecule has 0 saturated heterocycles. The van der Waals surface area contributed by atoms with Crippen molar-refractivity contribution in [1.82, 2.24) is 19.4 Å². The van der Waals surface area contributed by atoms with Gasteiger partial charge < -0.3 is 14.9 Å². The highest BCUT2D eigenvalue weighted by Crippen LogP contribution is 2.35. The Morgan fingerprint density at radius 2 is 2.03 bits per heavy atom.